The molecule has 1 fully saturated rings. The van der Waals surface area contributed by atoms with E-state index in [-0.39, 0.29) is 41.5 Å². The van der Waals surface area contributed by atoms with Gasteiger partial charge in [-0.25, -0.2) is 9.97 Å². The maximum absolute atomic E-state index is 12.9. The Balaban J connectivity index is 1.22. The average molecular weight is 604 g/mol. The first-order chi connectivity index (χ1) is 20.4. The minimum atomic E-state index is -0.692. The van der Waals surface area contributed by atoms with Crippen LogP contribution in [0.1, 0.15) is 46.5 Å². The van der Waals surface area contributed by atoms with E-state index in [2.05, 4.69) is 27.2 Å². The zero-order valence-corrected chi connectivity index (χ0v) is 24.0. The van der Waals surface area contributed by atoms with Crippen molar-refractivity contribution in [1.29, 1.82) is 0 Å². The molecule has 42 heavy (non-hydrogen) atoms. The summed E-state index contributed by atoms with van der Waals surface area (Å²) in [5.41, 5.74) is 4.75. The van der Waals surface area contributed by atoms with Gasteiger partial charge < -0.3 is 24.5 Å². The van der Waals surface area contributed by atoms with Gasteiger partial charge in [0, 0.05) is 17.2 Å². The molecule has 0 radical (unpaired) electrons. The fraction of sp³-hybridized carbons (Fsp3) is 0.226. The highest BCUT2D eigenvalue weighted by Gasteiger charge is 2.38. The van der Waals surface area contributed by atoms with Gasteiger partial charge >= 0.3 is 0 Å². The second kappa shape index (κ2) is 12.2. The van der Waals surface area contributed by atoms with Crippen molar-refractivity contribution in [3.8, 4) is 0 Å². The first kappa shape index (κ1) is 28.3. The van der Waals surface area contributed by atoms with Crippen LogP contribution in [0.5, 0.6) is 0 Å². The number of carbonyl (C=O) groups is 1. The van der Waals surface area contributed by atoms with Crippen LogP contribution in [0.4, 0.5) is 5.69 Å². The molecule has 0 bridgehead atoms. The van der Waals surface area contributed by atoms with E-state index in [0.717, 1.165) is 22.2 Å². The van der Waals surface area contributed by atoms with Gasteiger partial charge in [-0.05, 0) is 35.4 Å². The molecule has 1 aliphatic rings. The SMILES string of the molecule is CC1C(Cn2cnc(Cl)c2Cl)OC(c2ccc(NC(=O)c3cnc4ccccc4n3)cc2)OC1c1ccc(CO)cc1. The molecule has 1 amide bonds. The molecule has 0 spiro atoms. The topological polar surface area (TPSA) is 111 Å². The summed E-state index contributed by atoms with van der Waals surface area (Å²) in [5.74, 6) is -0.414. The number of nitrogens with zero attached hydrogens (tertiary/aromatic N) is 4. The van der Waals surface area contributed by atoms with E-state index in [9.17, 15) is 9.90 Å². The highest BCUT2D eigenvalue weighted by atomic mass is 35.5. The lowest BCUT2D eigenvalue weighted by Gasteiger charge is -2.41. The molecular weight excluding hydrogens is 577 g/mol. The monoisotopic (exact) mass is 603 g/mol. The molecule has 2 aromatic heterocycles. The molecule has 0 aliphatic carbocycles. The van der Waals surface area contributed by atoms with Gasteiger partial charge in [0.15, 0.2) is 11.4 Å². The molecule has 11 heteroatoms. The number of benzene rings is 3. The number of nitrogens with one attached hydrogen (secondary N) is 1. The van der Waals surface area contributed by atoms with Crippen molar-refractivity contribution in [2.45, 2.75) is 38.6 Å². The summed E-state index contributed by atoms with van der Waals surface area (Å²) in [6.07, 6.45) is 1.77. The average Bonchev–Trinajstić information content (AvgIpc) is 3.34. The van der Waals surface area contributed by atoms with Gasteiger partial charge in [-0.3, -0.25) is 9.78 Å². The van der Waals surface area contributed by atoms with E-state index in [0.29, 0.717) is 22.9 Å². The Bertz CT molecular complexity index is 1710. The normalized spacial score (nSPS) is 20.5. The Kier molecular flexibility index (Phi) is 8.19. The number of fused-ring (bicyclic) bond motifs is 1. The minimum Gasteiger partial charge on any atom is -0.392 e. The number of carbonyl (C=O) groups excluding carboxylic acids is 1. The van der Waals surface area contributed by atoms with Crippen LogP contribution in [-0.2, 0) is 22.6 Å². The molecule has 3 aromatic carbocycles. The number of aromatic nitrogens is 4. The molecule has 2 N–H and O–H groups in total. The van der Waals surface area contributed by atoms with Crippen LogP contribution in [-0.4, -0.2) is 36.6 Å². The summed E-state index contributed by atoms with van der Waals surface area (Å²) >= 11 is 12.5. The molecule has 4 atom stereocenters. The van der Waals surface area contributed by atoms with Crippen molar-refractivity contribution in [3.05, 3.63) is 118 Å². The Morgan fingerprint density at radius 3 is 2.36 bits per heavy atom. The largest absolute Gasteiger partial charge is 0.392 e. The van der Waals surface area contributed by atoms with Gasteiger partial charge in [0.25, 0.3) is 5.91 Å². The number of amides is 1. The van der Waals surface area contributed by atoms with E-state index >= 15 is 0 Å². The number of hydrogen-bond acceptors (Lipinski definition) is 7. The maximum Gasteiger partial charge on any atom is 0.275 e. The van der Waals surface area contributed by atoms with Gasteiger partial charge in [0.05, 0.1) is 48.9 Å². The van der Waals surface area contributed by atoms with E-state index in [4.69, 9.17) is 32.7 Å². The number of anilines is 1. The number of hydrogen-bond donors (Lipinski definition) is 2. The number of aliphatic hydroxyl groups excluding tert-OH is 1. The predicted octanol–water partition coefficient (Wildman–Crippen LogP) is 6.37. The maximum atomic E-state index is 12.9. The lowest BCUT2D eigenvalue weighted by Crippen LogP contribution is -2.39. The highest BCUT2D eigenvalue weighted by Crippen LogP contribution is 2.42. The van der Waals surface area contributed by atoms with Crippen LogP contribution in [0.25, 0.3) is 11.0 Å². The van der Waals surface area contributed by atoms with Crippen molar-refractivity contribution >= 4 is 45.8 Å². The fourth-order valence-electron chi connectivity index (χ4n) is 4.98. The van der Waals surface area contributed by atoms with Gasteiger partial charge in [-0.1, -0.05) is 78.7 Å². The van der Waals surface area contributed by atoms with Crippen molar-refractivity contribution < 1.29 is 19.4 Å². The Hall–Kier alpha value is -3.86. The van der Waals surface area contributed by atoms with Crippen molar-refractivity contribution in [2.24, 2.45) is 5.92 Å². The zero-order valence-electron chi connectivity index (χ0n) is 22.5. The number of para-hydroxylation sites is 2. The van der Waals surface area contributed by atoms with E-state index in [1.165, 1.54) is 6.20 Å². The number of rotatable bonds is 7. The fourth-order valence-corrected chi connectivity index (χ4v) is 5.29. The summed E-state index contributed by atoms with van der Waals surface area (Å²) in [5, 5.41) is 12.9. The van der Waals surface area contributed by atoms with Crippen molar-refractivity contribution in [2.75, 3.05) is 5.32 Å². The molecule has 1 aliphatic heterocycles. The first-order valence-electron chi connectivity index (χ1n) is 13.4. The standard InChI is InChI=1S/C31H27Cl2N5O4/c1-18-26(15-38-17-35-28(32)29(38)33)41-31(42-27(18)20-8-6-19(16-39)7-9-20)21-10-12-22(13-11-21)36-30(40)25-14-34-23-4-2-3-5-24(23)37-25/h2-14,17-18,26-27,31,39H,15-16H2,1H3,(H,36,40). The highest BCUT2D eigenvalue weighted by molar-refractivity contribution is 6.40. The van der Waals surface area contributed by atoms with Crippen LogP contribution in [0.3, 0.4) is 0 Å². The third-order valence-electron chi connectivity index (χ3n) is 7.35. The van der Waals surface area contributed by atoms with E-state index < -0.39 is 6.29 Å². The van der Waals surface area contributed by atoms with Crippen molar-refractivity contribution in [1.82, 2.24) is 19.5 Å². The van der Waals surface area contributed by atoms with Crippen LogP contribution in [0.15, 0.2) is 85.3 Å². The molecule has 3 heterocycles. The quantitative estimate of drug-likeness (QED) is 0.222. The molecular formula is C31H27Cl2N5O4. The Morgan fingerprint density at radius 2 is 1.67 bits per heavy atom. The predicted molar refractivity (Wildman–Crippen MR) is 159 cm³/mol. The van der Waals surface area contributed by atoms with Crippen LogP contribution >= 0.6 is 23.2 Å². The van der Waals surface area contributed by atoms with E-state index in [1.807, 2.05) is 60.7 Å². The smallest absolute Gasteiger partial charge is 0.275 e. The van der Waals surface area contributed by atoms with Crippen LogP contribution in [0.2, 0.25) is 10.3 Å². The van der Waals surface area contributed by atoms with E-state index in [1.54, 1.807) is 23.0 Å². The summed E-state index contributed by atoms with van der Waals surface area (Å²) in [6.45, 7) is 2.45. The molecule has 0 saturated carbocycles. The van der Waals surface area contributed by atoms with Gasteiger partial charge in [0.2, 0.25) is 0 Å². The third kappa shape index (κ3) is 5.88. The minimum absolute atomic E-state index is 0.0358. The molecule has 5 aromatic rings. The number of imidazole rings is 1. The second-order valence-electron chi connectivity index (χ2n) is 10.1. The number of aliphatic hydroxyl groups is 1. The summed E-state index contributed by atoms with van der Waals surface area (Å²) in [7, 11) is 0. The third-order valence-corrected chi connectivity index (χ3v) is 8.12. The Morgan fingerprint density at radius 1 is 0.952 bits per heavy atom. The Labute approximate surface area is 252 Å². The zero-order chi connectivity index (χ0) is 29.2. The number of ether oxygens (including phenoxy) is 2. The van der Waals surface area contributed by atoms with Gasteiger partial charge in [0.1, 0.15) is 10.8 Å². The summed E-state index contributed by atoms with van der Waals surface area (Å²) < 4.78 is 14.7. The molecule has 214 valence electrons. The molecule has 4 unspecified atom stereocenters. The number of halogens is 2. The summed E-state index contributed by atoms with van der Waals surface area (Å²) in [4.78, 5) is 25.7. The van der Waals surface area contributed by atoms with Gasteiger partial charge in [-0.15, -0.1) is 0 Å². The first-order valence-corrected chi connectivity index (χ1v) is 14.1. The molecule has 1 saturated heterocycles. The second-order valence-corrected chi connectivity index (χ2v) is 10.8. The lowest BCUT2D eigenvalue weighted by atomic mass is 9.90. The summed E-state index contributed by atoms with van der Waals surface area (Å²) in [6, 6.07) is 22.4. The van der Waals surface area contributed by atoms with Gasteiger partial charge in [-0.2, -0.15) is 0 Å². The van der Waals surface area contributed by atoms with Crippen molar-refractivity contribution in [3.63, 3.8) is 0 Å². The molecule has 9 nitrogen and oxygen atoms in total. The molecule has 6 rings (SSSR count). The van der Waals surface area contributed by atoms with Crippen LogP contribution < -0.4 is 5.32 Å². The van der Waals surface area contributed by atoms with Crippen LogP contribution in [0, 0.1) is 5.92 Å². The lowest BCUT2D eigenvalue weighted by molar-refractivity contribution is -0.276.